The largest absolute Gasteiger partial charge is 0.388 e. The lowest BCUT2D eigenvalue weighted by molar-refractivity contribution is -0.117. The van der Waals surface area contributed by atoms with Gasteiger partial charge < -0.3 is 15.3 Å². The molecule has 1 aromatic rings. The molecule has 2 unspecified atom stereocenters. The van der Waals surface area contributed by atoms with Gasteiger partial charge in [0.25, 0.3) is 5.91 Å². The number of hydrogen-bond acceptors (Lipinski definition) is 3. The van der Waals surface area contributed by atoms with Crippen LogP contribution in [0.5, 0.6) is 0 Å². The fourth-order valence-electron chi connectivity index (χ4n) is 2.69. The molecule has 5 nitrogen and oxygen atoms in total. The third kappa shape index (κ3) is 4.10. The van der Waals surface area contributed by atoms with E-state index in [1.165, 1.54) is 0 Å². The highest BCUT2D eigenvalue weighted by molar-refractivity contribution is 5.97. The topological polar surface area (TPSA) is 69.6 Å². The Kier molecular flexibility index (Phi) is 5.42. The van der Waals surface area contributed by atoms with Crippen molar-refractivity contribution in [3.05, 3.63) is 29.8 Å². The summed E-state index contributed by atoms with van der Waals surface area (Å²) in [6.45, 7) is 6.67. The minimum absolute atomic E-state index is 0.103. The summed E-state index contributed by atoms with van der Waals surface area (Å²) in [5.41, 5.74) is 0.433. The molecule has 1 aromatic carbocycles. The van der Waals surface area contributed by atoms with Crippen LogP contribution in [0.15, 0.2) is 24.3 Å². The van der Waals surface area contributed by atoms with Crippen LogP contribution in [0, 0.1) is 5.92 Å². The number of nitrogens with one attached hydrogen (secondary N) is 1. The molecule has 2 amide bonds. The van der Waals surface area contributed by atoms with Gasteiger partial charge in [-0.05, 0) is 43.5 Å². The van der Waals surface area contributed by atoms with Gasteiger partial charge >= 0.3 is 0 Å². The molecule has 23 heavy (non-hydrogen) atoms. The van der Waals surface area contributed by atoms with E-state index in [4.69, 9.17) is 0 Å². The molecule has 1 aliphatic heterocycles. The summed E-state index contributed by atoms with van der Waals surface area (Å²) in [6, 6.07) is 7.03. The second kappa shape index (κ2) is 7.13. The molecule has 126 valence electrons. The lowest BCUT2D eigenvalue weighted by Crippen LogP contribution is -2.45. The van der Waals surface area contributed by atoms with E-state index in [1.54, 1.807) is 36.1 Å². The summed E-state index contributed by atoms with van der Waals surface area (Å²) >= 11 is 0. The normalized spacial score (nSPS) is 18.6. The molecule has 1 aliphatic rings. The van der Waals surface area contributed by atoms with E-state index >= 15 is 0 Å². The Balaban J connectivity index is 1.96. The van der Waals surface area contributed by atoms with Gasteiger partial charge in [0.1, 0.15) is 0 Å². The van der Waals surface area contributed by atoms with E-state index < -0.39 is 5.60 Å². The van der Waals surface area contributed by atoms with E-state index in [9.17, 15) is 14.7 Å². The minimum atomic E-state index is -0.924. The number of carbonyl (C=O) groups is 2. The third-order valence-corrected chi connectivity index (χ3v) is 4.80. The van der Waals surface area contributed by atoms with Gasteiger partial charge in [0.05, 0.1) is 5.60 Å². The number of benzene rings is 1. The van der Waals surface area contributed by atoms with Crippen LogP contribution in [-0.2, 0) is 4.79 Å². The quantitative estimate of drug-likeness (QED) is 0.846. The standard InChI is InChI=1S/C18H26N2O3/c1-4-13(2)18(3,23)12-19-17(22)14-7-9-15(10-8-14)20-11-5-6-16(20)21/h7-10,13,23H,4-6,11-12H2,1-3H3,(H,19,22). The zero-order valence-electron chi connectivity index (χ0n) is 14.1. The Morgan fingerprint density at radius 2 is 2.04 bits per heavy atom. The molecule has 0 bridgehead atoms. The highest BCUT2D eigenvalue weighted by Gasteiger charge is 2.27. The lowest BCUT2D eigenvalue weighted by Gasteiger charge is -2.29. The Hall–Kier alpha value is -1.88. The van der Waals surface area contributed by atoms with Crippen molar-refractivity contribution in [2.45, 2.75) is 45.6 Å². The summed E-state index contributed by atoms with van der Waals surface area (Å²) in [5.74, 6) is 0.0195. The Labute approximate surface area is 137 Å². The van der Waals surface area contributed by atoms with Crippen LogP contribution in [0.4, 0.5) is 5.69 Å². The average Bonchev–Trinajstić information content (AvgIpc) is 2.98. The maximum absolute atomic E-state index is 12.2. The Morgan fingerprint density at radius 3 is 2.57 bits per heavy atom. The van der Waals surface area contributed by atoms with Crippen molar-refractivity contribution in [2.24, 2.45) is 5.92 Å². The van der Waals surface area contributed by atoms with Crippen molar-refractivity contribution in [3.8, 4) is 0 Å². The van der Waals surface area contributed by atoms with Gasteiger partial charge in [-0.25, -0.2) is 0 Å². The van der Waals surface area contributed by atoms with Crippen LogP contribution in [0.25, 0.3) is 0 Å². The summed E-state index contributed by atoms with van der Waals surface area (Å²) in [6.07, 6.45) is 2.32. The summed E-state index contributed by atoms with van der Waals surface area (Å²) < 4.78 is 0. The van der Waals surface area contributed by atoms with Gasteiger partial charge in [-0.15, -0.1) is 0 Å². The predicted molar refractivity (Wildman–Crippen MR) is 90.4 cm³/mol. The smallest absolute Gasteiger partial charge is 0.251 e. The van der Waals surface area contributed by atoms with Crippen molar-refractivity contribution < 1.29 is 14.7 Å². The van der Waals surface area contributed by atoms with E-state index in [2.05, 4.69) is 5.32 Å². The van der Waals surface area contributed by atoms with Crippen LogP contribution < -0.4 is 10.2 Å². The molecule has 2 atom stereocenters. The van der Waals surface area contributed by atoms with Crippen LogP contribution in [-0.4, -0.2) is 35.6 Å². The molecule has 0 aromatic heterocycles. The average molecular weight is 318 g/mol. The first-order valence-corrected chi connectivity index (χ1v) is 8.26. The fraction of sp³-hybridized carbons (Fsp3) is 0.556. The van der Waals surface area contributed by atoms with Crippen LogP contribution in [0.1, 0.15) is 50.4 Å². The number of anilines is 1. The molecule has 0 aliphatic carbocycles. The summed E-state index contributed by atoms with van der Waals surface area (Å²) in [4.78, 5) is 25.7. The fourth-order valence-corrected chi connectivity index (χ4v) is 2.69. The van der Waals surface area contributed by atoms with Gasteiger partial charge in [0.2, 0.25) is 5.91 Å². The minimum Gasteiger partial charge on any atom is -0.388 e. The monoisotopic (exact) mass is 318 g/mol. The molecule has 1 heterocycles. The van der Waals surface area contributed by atoms with Gasteiger partial charge in [0.15, 0.2) is 0 Å². The highest BCUT2D eigenvalue weighted by atomic mass is 16.3. The SMILES string of the molecule is CCC(C)C(C)(O)CNC(=O)c1ccc(N2CCCC2=O)cc1. The van der Waals surface area contributed by atoms with Crippen molar-refractivity contribution in [1.29, 1.82) is 0 Å². The van der Waals surface area contributed by atoms with E-state index in [1.807, 2.05) is 13.8 Å². The Morgan fingerprint density at radius 1 is 1.39 bits per heavy atom. The number of rotatable bonds is 6. The van der Waals surface area contributed by atoms with Crippen molar-refractivity contribution in [2.75, 3.05) is 18.0 Å². The van der Waals surface area contributed by atoms with E-state index in [0.717, 1.165) is 25.1 Å². The molecule has 0 radical (unpaired) electrons. The highest BCUT2D eigenvalue weighted by Crippen LogP contribution is 2.22. The summed E-state index contributed by atoms with van der Waals surface area (Å²) in [5, 5.41) is 13.1. The molecule has 5 heteroatoms. The van der Waals surface area contributed by atoms with Gasteiger partial charge in [0, 0.05) is 30.8 Å². The molecule has 0 spiro atoms. The Bertz CT molecular complexity index is 566. The van der Waals surface area contributed by atoms with E-state index in [0.29, 0.717) is 12.0 Å². The first-order chi connectivity index (χ1) is 10.8. The van der Waals surface area contributed by atoms with Crippen LogP contribution in [0.2, 0.25) is 0 Å². The molecule has 0 saturated carbocycles. The molecule has 1 fully saturated rings. The zero-order valence-corrected chi connectivity index (χ0v) is 14.1. The molecular formula is C18H26N2O3. The van der Waals surface area contributed by atoms with E-state index in [-0.39, 0.29) is 24.3 Å². The number of carbonyl (C=O) groups excluding carboxylic acids is 2. The number of amides is 2. The predicted octanol–water partition coefficient (Wildman–Crippen LogP) is 2.34. The maximum Gasteiger partial charge on any atom is 0.251 e. The first-order valence-electron chi connectivity index (χ1n) is 8.26. The van der Waals surface area contributed by atoms with Crippen LogP contribution >= 0.6 is 0 Å². The van der Waals surface area contributed by atoms with Gasteiger partial charge in [-0.2, -0.15) is 0 Å². The maximum atomic E-state index is 12.2. The van der Waals surface area contributed by atoms with Crippen LogP contribution in [0.3, 0.4) is 0 Å². The van der Waals surface area contributed by atoms with Gasteiger partial charge in [-0.3, -0.25) is 9.59 Å². The zero-order chi connectivity index (χ0) is 17.0. The molecule has 2 N–H and O–H groups in total. The van der Waals surface area contributed by atoms with Crippen molar-refractivity contribution >= 4 is 17.5 Å². The van der Waals surface area contributed by atoms with Crippen molar-refractivity contribution in [3.63, 3.8) is 0 Å². The molecule has 1 saturated heterocycles. The number of aliphatic hydroxyl groups is 1. The lowest BCUT2D eigenvalue weighted by atomic mass is 9.88. The molecular weight excluding hydrogens is 292 g/mol. The van der Waals surface area contributed by atoms with Crippen molar-refractivity contribution in [1.82, 2.24) is 5.32 Å². The van der Waals surface area contributed by atoms with Gasteiger partial charge in [-0.1, -0.05) is 20.3 Å². The number of nitrogens with zero attached hydrogens (tertiary/aromatic N) is 1. The molecule has 2 rings (SSSR count). The summed E-state index contributed by atoms with van der Waals surface area (Å²) in [7, 11) is 0. The second-order valence-electron chi connectivity index (χ2n) is 6.54. The number of hydrogen-bond donors (Lipinski definition) is 2. The third-order valence-electron chi connectivity index (χ3n) is 4.80. The second-order valence-corrected chi connectivity index (χ2v) is 6.54. The first kappa shape index (κ1) is 17.5.